The lowest BCUT2D eigenvalue weighted by atomic mass is 9.98. The molecule has 0 fully saturated rings. The number of aryl methyl sites for hydroxylation is 3. The van der Waals surface area contributed by atoms with Crippen LogP contribution in [0.3, 0.4) is 0 Å². The molecule has 0 unspecified atom stereocenters. The van der Waals surface area contributed by atoms with Gasteiger partial charge in [-0.3, -0.25) is 5.10 Å². The molecule has 3 aromatic carbocycles. The first-order valence-corrected chi connectivity index (χ1v) is 14.3. The van der Waals surface area contributed by atoms with Crippen molar-refractivity contribution in [2.75, 3.05) is 19.8 Å². The highest BCUT2D eigenvalue weighted by atomic mass is 19.1. The van der Waals surface area contributed by atoms with E-state index in [9.17, 15) is 9.18 Å². The van der Waals surface area contributed by atoms with Crippen LogP contribution in [0.5, 0.6) is 5.75 Å². The Morgan fingerprint density at radius 1 is 1.12 bits per heavy atom. The molecule has 0 atom stereocenters. The van der Waals surface area contributed by atoms with Gasteiger partial charge in [0.15, 0.2) is 0 Å². The fourth-order valence-electron chi connectivity index (χ4n) is 5.96. The second kappa shape index (κ2) is 12.8. The maximum Gasteiger partial charge on any atom is 0.355 e. The first-order chi connectivity index (χ1) is 20.1. The normalized spacial score (nSPS) is 13.3. The third kappa shape index (κ3) is 5.51. The number of hydrogen-bond acceptors (Lipinski definition) is 5. The molecular formula is C34H38FN3O4. The van der Waals surface area contributed by atoms with E-state index in [0.29, 0.717) is 51.5 Å². The summed E-state index contributed by atoms with van der Waals surface area (Å²) in [4.78, 5) is 13.5. The van der Waals surface area contributed by atoms with Crippen molar-refractivity contribution in [3.8, 4) is 16.9 Å². The Bertz CT molecular complexity index is 1720. The highest BCUT2D eigenvalue weighted by Gasteiger charge is 2.27. The molecule has 0 aliphatic carbocycles. The predicted molar refractivity (Wildman–Crippen MR) is 164 cm³/mol. The average Bonchev–Trinajstić information content (AvgIpc) is 3.48. The minimum absolute atomic E-state index is 0. The number of ether oxygens (including phenoxy) is 3. The summed E-state index contributed by atoms with van der Waals surface area (Å²) in [5, 5.41) is 10.4. The summed E-state index contributed by atoms with van der Waals surface area (Å²) < 4.78 is 33.6. The molecule has 0 spiro atoms. The summed E-state index contributed by atoms with van der Waals surface area (Å²) in [6, 6.07) is 16.6. The number of carbonyl (C=O) groups excluding carboxylic acids is 1. The lowest BCUT2D eigenvalue weighted by Gasteiger charge is -2.13. The lowest BCUT2D eigenvalue weighted by molar-refractivity contribution is 0.0512. The van der Waals surface area contributed by atoms with E-state index in [0.717, 1.165) is 68.3 Å². The van der Waals surface area contributed by atoms with E-state index in [1.807, 2.05) is 38.1 Å². The molecule has 7 nitrogen and oxygen atoms in total. The predicted octanol–water partition coefficient (Wildman–Crippen LogP) is 7.77. The number of nitrogens with one attached hydrogen (secondary N) is 1. The van der Waals surface area contributed by atoms with Gasteiger partial charge in [-0.15, -0.1) is 0 Å². The van der Waals surface area contributed by atoms with Gasteiger partial charge in [0.1, 0.15) is 17.3 Å². The SMILES string of the molecule is C.CCOC(=O)c1c(CCCOc2cccc3cc(F)ccc23)c2cccc3c2n1CCCCOCc1n[nH]c(C)c1-3. The van der Waals surface area contributed by atoms with Gasteiger partial charge in [-0.2, -0.15) is 5.10 Å². The van der Waals surface area contributed by atoms with Gasteiger partial charge >= 0.3 is 5.97 Å². The lowest BCUT2D eigenvalue weighted by Crippen LogP contribution is -2.15. The monoisotopic (exact) mass is 571 g/mol. The molecule has 1 aliphatic rings. The molecule has 220 valence electrons. The highest BCUT2D eigenvalue weighted by Crippen LogP contribution is 2.38. The minimum Gasteiger partial charge on any atom is -0.493 e. The van der Waals surface area contributed by atoms with Crippen molar-refractivity contribution in [3.63, 3.8) is 0 Å². The van der Waals surface area contributed by atoms with E-state index in [1.54, 1.807) is 6.07 Å². The molecule has 42 heavy (non-hydrogen) atoms. The fourth-order valence-corrected chi connectivity index (χ4v) is 5.96. The maximum atomic E-state index is 13.7. The number of H-pyrrole nitrogens is 1. The summed E-state index contributed by atoms with van der Waals surface area (Å²) in [6.45, 7) is 6.35. The molecule has 0 bridgehead atoms. The van der Waals surface area contributed by atoms with E-state index in [4.69, 9.17) is 14.2 Å². The average molecular weight is 572 g/mol. The molecule has 0 saturated heterocycles. The molecule has 0 radical (unpaired) electrons. The van der Waals surface area contributed by atoms with Crippen LogP contribution < -0.4 is 4.74 Å². The number of nitrogens with zero attached hydrogens (tertiary/aromatic N) is 2. The van der Waals surface area contributed by atoms with Gasteiger partial charge < -0.3 is 18.8 Å². The number of fused-ring (bicyclic) bond motifs is 3. The number of para-hydroxylation sites is 1. The molecule has 2 aromatic heterocycles. The molecule has 8 heteroatoms. The molecule has 1 N–H and O–H groups in total. The topological polar surface area (TPSA) is 78.4 Å². The molecule has 0 amide bonds. The van der Waals surface area contributed by atoms with Gasteiger partial charge in [0.05, 0.1) is 31.0 Å². The van der Waals surface area contributed by atoms with Gasteiger partial charge in [0.25, 0.3) is 0 Å². The van der Waals surface area contributed by atoms with Crippen LogP contribution >= 0.6 is 0 Å². The molecular weight excluding hydrogens is 533 g/mol. The van der Waals surface area contributed by atoms with Crippen LogP contribution in [0.4, 0.5) is 4.39 Å². The number of halogens is 1. The van der Waals surface area contributed by atoms with Crippen LogP contribution in [0.1, 0.15) is 61.1 Å². The van der Waals surface area contributed by atoms with Gasteiger partial charge in [0, 0.05) is 40.7 Å². The largest absolute Gasteiger partial charge is 0.493 e. The number of carbonyl (C=O) groups is 1. The quantitative estimate of drug-likeness (QED) is 0.160. The number of rotatable bonds is 7. The summed E-state index contributed by atoms with van der Waals surface area (Å²) in [5.74, 6) is 0.141. The Hall–Kier alpha value is -4.17. The van der Waals surface area contributed by atoms with E-state index in [1.165, 1.54) is 12.1 Å². The highest BCUT2D eigenvalue weighted by molar-refractivity contribution is 6.05. The number of esters is 1. The summed E-state index contributed by atoms with van der Waals surface area (Å²) in [5.41, 5.74) is 6.49. The number of aromatic amines is 1. The second-order valence-electron chi connectivity index (χ2n) is 10.4. The van der Waals surface area contributed by atoms with E-state index in [-0.39, 0.29) is 19.2 Å². The van der Waals surface area contributed by atoms with Gasteiger partial charge in [0.2, 0.25) is 0 Å². The third-order valence-corrected chi connectivity index (χ3v) is 7.74. The van der Waals surface area contributed by atoms with Gasteiger partial charge in [-0.25, -0.2) is 9.18 Å². The smallest absolute Gasteiger partial charge is 0.355 e. The number of hydrogen-bond donors (Lipinski definition) is 1. The van der Waals surface area contributed by atoms with E-state index in [2.05, 4.69) is 26.9 Å². The summed E-state index contributed by atoms with van der Waals surface area (Å²) in [7, 11) is 0. The Morgan fingerprint density at radius 3 is 2.83 bits per heavy atom. The zero-order chi connectivity index (χ0) is 28.3. The molecule has 3 heterocycles. The standard InChI is InChI=1S/C33H34FN3O4.CH4/c1-3-40-33(38)32-26(12-8-18-41-29-13-6-9-22-19-23(34)14-15-24(22)29)25-10-7-11-27-30-21(2)35-36-28(30)20-39-17-5-4-16-37(32)31(25)27;/h6-7,9-11,13-15,19H,3-5,8,12,16-18,20H2,1-2H3,(H,35,36);1H4. The van der Waals surface area contributed by atoms with Crippen LogP contribution in [0.2, 0.25) is 0 Å². The fraction of sp³-hybridized carbons (Fsp3) is 0.353. The van der Waals surface area contributed by atoms with Crippen molar-refractivity contribution < 1.29 is 23.4 Å². The Morgan fingerprint density at radius 2 is 1.98 bits per heavy atom. The van der Waals surface area contributed by atoms with Crippen LogP contribution in [0, 0.1) is 12.7 Å². The Labute approximate surface area is 245 Å². The van der Waals surface area contributed by atoms with E-state index < -0.39 is 0 Å². The molecule has 0 saturated carbocycles. The van der Waals surface area contributed by atoms with Crippen molar-refractivity contribution in [2.24, 2.45) is 0 Å². The van der Waals surface area contributed by atoms with Crippen molar-refractivity contribution in [1.82, 2.24) is 14.8 Å². The zero-order valence-corrected chi connectivity index (χ0v) is 23.5. The zero-order valence-electron chi connectivity index (χ0n) is 23.5. The third-order valence-electron chi connectivity index (χ3n) is 7.74. The molecule has 1 aliphatic heterocycles. The van der Waals surface area contributed by atoms with Crippen molar-refractivity contribution >= 4 is 27.6 Å². The Kier molecular flexibility index (Phi) is 8.92. The summed E-state index contributed by atoms with van der Waals surface area (Å²) >= 11 is 0. The van der Waals surface area contributed by atoms with Crippen molar-refractivity contribution in [1.29, 1.82) is 0 Å². The van der Waals surface area contributed by atoms with Crippen LogP contribution in [0.25, 0.3) is 32.8 Å². The van der Waals surface area contributed by atoms with E-state index >= 15 is 0 Å². The molecule has 6 rings (SSSR count). The van der Waals surface area contributed by atoms with Gasteiger partial charge in [-0.05, 0) is 74.7 Å². The first-order valence-electron chi connectivity index (χ1n) is 14.3. The van der Waals surface area contributed by atoms with Crippen LogP contribution in [-0.2, 0) is 29.0 Å². The minimum atomic E-state index is -0.308. The maximum absolute atomic E-state index is 13.7. The Balaban J connectivity index is 0.00000353. The second-order valence-corrected chi connectivity index (χ2v) is 10.4. The van der Waals surface area contributed by atoms with Crippen LogP contribution in [-0.4, -0.2) is 40.6 Å². The van der Waals surface area contributed by atoms with Crippen molar-refractivity contribution in [2.45, 2.75) is 60.1 Å². The molecule has 5 aromatic rings. The number of benzene rings is 3. The first kappa shape index (κ1) is 29.3. The van der Waals surface area contributed by atoms with Crippen molar-refractivity contribution in [3.05, 3.63) is 83.1 Å². The number of aromatic nitrogens is 3. The van der Waals surface area contributed by atoms with Gasteiger partial charge in [-0.1, -0.05) is 37.8 Å². The summed E-state index contributed by atoms with van der Waals surface area (Å²) in [6.07, 6.45) is 3.08. The van der Waals surface area contributed by atoms with Crippen LogP contribution in [0.15, 0.2) is 54.6 Å².